The van der Waals surface area contributed by atoms with E-state index >= 15 is 0 Å². The number of carboxylic acid groups (broad SMARTS) is 1. The normalized spacial score (nSPS) is 28.1. The minimum absolute atomic E-state index is 0.0127. The number of sulfonamides is 1. The first-order chi connectivity index (χ1) is 10.3. The molecular formula is C14H24N2O5S. The summed E-state index contributed by atoms with van der Waals surface area (Å²) in [5.41, 5.74) is 0. The molecule has 8 heteroatoms. The molecule has 1 aliphatic carbocycles. The zero-order chi connectivity index (χ0) is 16.3. The zero-order valence-electron chi connectivity index (χ0n) is 12.9. The third-order valence-electron chi connectivity index (χ3n) is 4.61. The summed E-state index contributed by atoms with van der Waals surface area (Å²) < 4.78 is 24.6. The summed E-state index contributed by atoms with van der Waals surface area (Å²) in [7, 11) is -3.23. The molecule has 0 spiro atoms. The smallest absolute Gasteiger partial charge is 0.306 e. The average molecular weight is 332 g/mol. The Morgan fingerprint density at radius 3 is 2.32 bits per heavy atom. The second kappa shape index (κ2) is 6.95. The number of carbonyl (C=O) groups is 2. The van der Waals surface area contributed by atoms with Crippen molar-refractivity contribution in [3.05, 3.63) is 0 Å². The predicted molar refractivity (Wildman–Crippen MR) is 80.7 cm³/mol. The topological polar surface area (TPSA) is 95.0 Å². The van der Waals surface area contributed by atoms with Gasteiger partial charge in [-0.15, -0.1) is 0 Å². The number of carbonyl (C=O) groups excluding carboxylic acids is 1. The minimum atomic E-state index is -3.23. The molecule has 2 unspecified atom stereocenters. The van der Waals surface area contributed by atoms with E-state index in [1.807, 2.05) is 0 Å². The molecule has 2 atom stereocenters. The lowest BCUT2D eigenvalue weighted by Gasteiger charge is -2.30. The Labute approximate surface area is 131 Å². The molecule has 0 radical (unpaired) electrons. The third-order valence-corrected chi connectivity index (χ3v) is 5.91. The maximum atomic E-state index is 12.6. The molecule has 1 amide bonds. The summed E-state index contributed by atoms with van der Waals surface area (Å²) >= 11 is 0. The molecular weight excluding hydrogens is 308 g/mol. The van der Waals surface area contributed by atoms with Crippen LogP contribution in [0.15, 0.2) is 0 Å². The number of amides is 1. The zero-order valence-corrected chi connectivity index (χ0v) is 13.7. The number of carboxylic acids is 1. The standard InChI is InChI=1S/C14H24N2O5S/c1-22(20,21)16-7-3-6-15(8-9-16)13(17)11-4-2-5-12(10-11)14(18)19/h11-12H,2-10H2,1H3,(H,18,19). The average Bonchev–Trinajstić information content (AvgIpc) is 2.72. The Hall–Kier alpha value is -1.15. The van der Waals surface area contributed by atoms with Crippen molar-refractivity contribution in [3.63, 3.8) is 0 Å². The van der Waals surface area contributed by atoms with Crippen molar-refractivity contribution in [1.82, 2.24) is 9.21 Å². The van der Waals surface area contributed by atoms with Crippen LogP contribution in [0.2, 0.25) is 0 Å². The lowest BCUT2D eigenvalue weighted by atomic mass is 9.80. The van der Waals surface area contributed by atoms with E-state index in [2.05, 4.69) is 0 Å². The second-order valence-electron chi connectivity index (χ2n) is 6.24. The van der Waals surface area contributed by atoms with E-state index < -0.39 is 21.9 Å². The van der Waals surface area contributed by atoms with Gasteiger partial charge >= 0.3 is 5.97 Å². The van der Waals surface area contributed by atoms with Gasteiger partial charge in [0.05, 0.1) is 12.2 Å². The molecule has 2 aliphatic rings. The van der Waals surface area contributed by atoms with Crippen LogP contribution in [0.3, 0.4) is 0 Å². The lowest BCUT2D eigenvalue weighted by molar-refractivity contribution is -0.145. The summed E-state index contributed by atoms with van der Waals surface area (Å²) in [4.78, 5) is 25.4. The largest absolute Gasteiger partial charge is 0.481 e. The van der Waals surface area contributed by atoms with Gasteiger partial charge < -0.3 is 10.0 Å². The van der Waals surface area contributed by atoms with E-state index in [9.17, 15) is 18.0 Å². The maximum Gasteiger partial charge on any atom is 0.306 e. The molecule has 0 aromatic rings. The fourth-order valence-electron chi connectivity index (χ4n) is 3.34. The van der Waals surface area contributed by atoms with Crippen LogP contribution in [0.1, 0.15) is 32.1 Å². The van der Waals surface area contributed by atoms with E-state index in [0.717, 1.165) is 12.8 Å². The molecule has 22 heavy (non-hydrogen) atoms. The third kappa shape index (κ3) is 4.19. The van der Waals surface area contributed by atoms with Crippen LogP contribution in [0.4, 0.5) is 0 Å². The number of rotatable bonds is 3. The SMILES string of the molecule is CS(=O)(=O)N1CCCN(C(=O)C2CCCC(C(=O)O)C2)CC1. The molecule has 126 valence electrons. The van der Waals surface area contributed by atoms with Crippen molar-refractivity contribution in [2.75, 3.05) is 32.4 Å². The van der Waals surface area contributed by atoms with Crippen LogP contribution in [0, 0.1) is 11.8 Å². The van der Waals surface area contributed by atoms with Crippen molar-refractivity contribution < 1.29 is 23.1 Å². The van der Waals surface area contributed by atoms with Crippen LogP contribution in [-0.2, 0) is 19.6 Å². The highest BCUT2D eigenvalue weighted by Gasteiger charge is 2.34. The molecule has 0 bridgehead atoms. The lowest BCUT2D eigenvalue weighted by Crippen LogP contribution is -2.41. The van der Waals surface area contributed by atoms with Crippen molar-refractivity contribution in [3.8, 4) is 0 Å². The second-order valence-corrected chi connectivity index (χ2v) is 8.22. The van der Waals surface area contributed by atoms with E-state index in [-0.39, 0.29) is 11.8 Å². The van der Waals surface area contributed by atoms with Gasteiger partial charge in [0.25, 0.3) is 0 Å². The summed E-state index contributed by atoms with van der Waals surface area (Å²) in [5, 5.41) is 9.12. The summed E-state index contributed by atoms with van der Waals surface area (Å²) in [5.74, 6) is -1.50. The van der Waals surface area contributed by atoms with Crippen molar-refractivity contribution in [2.45, 2.75) is 32.1 Å². The van der Waals surface area contributed by atoms with Crippen LogP contribution in [0.5, 0.6) is 0 Å². The van der Waals surface area contributed by atoms with E-state index in [4.69, 9.17) is 5.11 Å². The first-order valence-corrected chi connectivity index (χ1v) is 9.60. The Balaban J connectivity index is 1.96. The van der Waals surface area contributed by atoms with Gasteiger partial charge in [0, 0.05) is 32.1 Å². The molecule has 7 nitrogen and oxygen atoms in total. The van der Waals surface area contributed by atoms with Crippen LogP contribution >= 0.6 is 0 Å². The van der Waals surface area contributed by atoms with Crippen molar-refractivity contribution >= 4 is 21.9 Å². The Morgan fingerprint density at radius 1 is 1.00 bits per heavy atom. The molecule has 1 aliphatic heterocycles. The highest BCUT2D eigenvalue weighted by atomic mass is 32.2. The van der Waals surface area contributed by atoms with Gasteiger partial charge in [-0.25, -0.2) is 12.7 Å². The van der Waals surface area contributed by atoms with Gasteiger partial charge in [-0.05, 0) is 25.7 Å². The fraction of sp³-hybridized carbons (Fsp3) is 0.857. The Bertz CT molecular complexity index is 533. The number of nitrogens with zero attached hydrogens (tertiary/aromatic N) is 2. The predicted octanol–water partition coefficient (Wildman–Crippen LogP) is 0.371. The molecule has 2 fully saturated rings. The van der Waals surface area contributed by atoms with Crippen LogP contribution < -0.4 is 0 Å². The first kappa shape index (κ1) is 17.2. The van der Waals surface area contributed by atoms with E-state index in [0.29, 0.717) is 45.4 Å². The van der Waals surface area contributed by atoms with Crippen LogP contribution in [-0.4, -0.2) is 67.0 Å². The van der Waals surface area contributed by atoms with Gasteiger partial charge in [0.1, 0.15) is 0 Å². The molecule has 0 aromatic carbocycles. The Morgan fingerprint density at radius 2 is 1.68 bits per heavy atom. The van der Waals surface area contributed by atoms with Crippen molar-refractivity contribution in [2.24, 2.45) is 11.8 Å². The van der Waals surface area contributed by atoms with E-state index in [1.54, 1.807) is 4.90 Å². The molecule has 2 rings (SSSR count). The van der Waals surface area contributed by atoms with Gasteiger partial charge in [0.15, 0.2) is 0 Å². The van der Waals surface area contributed by atoms with Gasteiger partial charge in [0.2, 0.25) is 15.9 Å². The fourth-order valence-corrected chi connectivity index (χ4v) is 4.22. The summed E-state index contributed by atoms with van der Waals surface area (Å²) in [6, 6.07) is 0. The van der Waals surface area contributed by atoms with Gasteiger partial charge in [-0.3, -0.25) is 9.59 Å². The number of hydrogen-bond acceptors (Lipinski definition) is 4. The maximum absolute atomic E-state index is 12.6. The molecule has 1 heterocycles. The number of aliphatic carboxylic acids is 1. The highest BCUT2D eigenvalue weighted by Crippen LogP contribution is 2.30. The molecule has 1 saturated heterocycles. The molecule has 0 aromatic heterocycles. The number of hydrogen-bond donors (Lipinski definition) is 1. The van der Waals surface area contributed by atoms with Crippen LogP contribution in [0.25, 0.3) is 0 Å². The summed E-state index contributed by atoms with van der Waals surface area (Å²) in [6.07, 6.45) is 4.34. The highest BCUT2D eigenvalue weighted by molar-refractivity contribution is 7.88. The van der Waals surface area contributed by atoms with Crippen molar-refractivity contribution in [1.29, 1.82) is 0 Å². The monoisotopic (exact) mass is 332 g/mol. The van der Waals surface area contributed by atoms with Gasteiger partial charge in [-0.1, -0.05) is 6.42 Å². The Kier molecular flexibility index (Phi) is 5.44. The molecule has 1 N–H and O–H groups in total. The van der Waals surface area contributed by atoms with Gasteiger partial charge in [-0.2, -0.15) is 0 Å². The van der Waals surface area contributed by atoms with E-state index in [1.165, 1.54) is 10.6 Å². The molecule has 1 saturated carbocycles. The summed E-state index contributed by atoms with van der Waals surface area (Å²) in [6.45, 7) is 1.68. The quantitative estimate of drug-likeness (QED) is 0.806. The first-order valence-electron chi connectivity index (χ1n) is 7.75. The minimum Gasteiger partial charge on any atom is -0.481 e.